The highest BCUT2D eigenvalue weighted by Crippen LogP contribution is 2.30. The fourth-order valence-corrected chi connectivity index (χ4v) is 4.32. The van der Waals surface area contributed by atoms with Crippen molar-refractivity contribution < 1.29 is 22.9 Å². The number of rotatable bonds is 8. The van der Waals surface area contributed by atoms with E-state index in [9.17, 15) is 23.3 Å². The molecule has 2 aromatic rings. The number of ether oxygens (including phenoxy) is 1. The van der Waals surface area contributed by atoms with E-state index < -0.39 is 26.5 Å². The van der Waals surface area contributed by atoms with Gasteiger partial charge in [-0.25, -0.2) is 8.42 Å². The van der Waals surface area contributed by atoms with Crippen molar-refractivity contribution in [3.8, 4) is 5.75 Å². The Labute approximate surface area is 173 Å². The Kier molecular flexibility index (Phi) is 7.17. The van der Waals surface area contributed by atoms with E-state index in [2.05, 4.69) is 5.32 Å². The van der Waals surface area contributed by atoms with Gasteiger partial charge in [0, 0.05) is 24.7 Å². The number of carbonyl (C=O) groups excluding carboxylic acids is 1. The average molecular weight is 442 g/mol. The number of nitrogens with zero attached hydrogens (tertiary/aromatic N) is 2. The molecule has 0 aliphatic carbocycles. The van der Waals surface area contributed by atoms with E-state index in [1.54, 1.807) is 13.8 Å². The molecule has 2 rings (SSSR count). The lowest BCUT2D eigenvalue weighted by atomic mass is 10.2. The van der Waals surface area contributed by atoms with Crippen molar-refractivity contribution in [3.63, 3.8) is 0 Å². The van der Waals surface area contributed by atoms with Crippen LogP contribution in [0.2, 0.25) is 5.02 Å². The van der Waals surface area contributed by atoms with Gasteiger partial charge in [-0.05, 0) is 30.3 Å². The van der Waals surface area contributed by atoms with Gasteiger partial charge in [0.05, 0.1) is 22.6 Å². The van der Waals surface area contributed by atoms with Crippen LogP contribution in [0.5, 0.6) is 5.75 Å². The highest BCUT2D eigenvalue weighted by molar-refractivity contribution is 7.89. The summed E-state index contributed by atoms with van der Waals surface area (Å²) in [6.07, 6.45) is 0. The topological polar surface area (TPSA) is 119 Å². The van der Waals surface area contributed by atoms with Crippen LogP contribution in [0.1, 0.15) is 24.2 Å². The molecule has 1 N–H and O–H groups in total. The first-order chi connectivity index (χ1) is 13.6. The van der Waals surface area contributed by atoms with Gasteiger partial charge in [0.1, 0.15) is 10.8 Å². The molecular weight excluding hydrogens is 422 g/mol. The number of amides is 1. The largest absolute Gasteiger partial charge is 0.495 e. The van der Waals surface area contributed by atoms with Crippen LogP contribution in [0.3, 0.4) is 0 Å². The summed E-state index contributed by atoms with van der Waals surface area (Å²) >= 11 is 5.77. The number of halogens is 1. The van der Waals surface area contributed by atoms with Gasteiger partial charge in [0.2, 0.25) is 10.0 Å². The van der Waals surface area contributed by atoms with Crippen LogP contribution in [-0.4, -0.2) is 43.8 Å². The first-order valence-corrected chi connectivity index (χ1v) is 10.4. The summed E-state index contributed by atoms with van der Waals surface area (Å²) in [7, 11) is -2.38. The van der Waals surface area contributed by atoms with Crippen LogP contribution in [0.25, 0.3) is 0 Å². The Bertz CT molecular complexity index is 1040. The zero-order valence-corrected chi connectivity index (χ0v) is 17.6. The predicted molar refractivity (Wildman–Crippen MR) is 109 cm³/mol. The Balaban J connectivity index is 2.43. The minimum absolute atomic E-state index is 0.0137. The second kappa shape index (κ2) is 9.21. The maximum atomic E-state index is 12.7. The molecule has 2 aromatic carbocycles. The van der Waals surface area contributed by atoms with Crippen molar-refractivity contribution in [3.05, 3.63) is 57.1 Å². The van der Waals surface area contributed by atoms with Crippen molar-refractivity contribution in [2.24, 2.45) is 0 Å². The maximum absolute atomic E-state index is 12.7. The van der Waals surface area contributed by atoms with E-state index >= 15 is 0 Å². The van der Waals surface area contributed by atoms with Crippen LogP contribution >= 0.6 is 11.6 Å². The molecule has 0 bridgehead atoms. The number of nitrogens with one attached hydrogen (secondary N) is 1. The minimum Gasteiger partial charge on any atom is -0.495 e. The van der Waals surface area contributed by atoms with Crippen LogP contribution in [-0.2, 0) is 10.0 Å². The molecule has 0 fully saturated rings. The molecule has 0 saturated carbocycles. The molecule has 0 saturated heterocycles. The van der Waals surface area contributed by atoms with Crippen LogP contribution in [0.15, 0.2) is 41.3 Å². The molecule has 29 heavy (non-hydrogen) atoms. The first kappa shape index (κ1) is 22.6. The normalized spacial score (nSPS) is 11.3. The molecule has 156 valence electrons. The molecule has 11 heteroatoms. The second-order valence-electron chi connectivity index (χ2n) is 5.83. The van der Waals surface area contributed by atoms with Crippen LogP contribution in [0.4, 0.5) is 11.4 Å². The standard InChI is InChI=1S/C18H20ClN3O6S/c1-4-21(5-2)29(26,27)13-7-9-17(28-3)15(11-13)20-18(23)12-6-8-14(19)16(10-12)22(24)25/h6-11H,4-5H2,1-3H3,(H,20,23). The summed E-state index contributed by atoms with van der Waals surface area (Å²) in [5.41, 5.74) is -0.312. The number of carbonyl (C=O) groups is 1. The number of benzene rings is 2. The van der Waals surface area contributed by atoms with Crippen molar-refractivity contribution in [1.82, 2.24) is 4.31 Å². The van der Waals surface area contributed by atoms with E-state index in [4.69, 9.17) is 16.3 Å². The number of anilines is 1. The van der Waals surface area contributed by atoms with Gasteiger partial charge in [-0.15, -0.1) is 0 Å². The summed E-state index contributed by atoms with van der Waals surface area (Å²) in [6.45, 7) is 4.03. The predicted octanol–water partition coefficient (Wildman–Crippen LogP) is 3.54. The van der Waals surface area contributed by atoms with E-state index in [1.165, 1.54) is 41.7 Å². The zero-order valence-electron chi connectivity index (χ0n) is 16.0. The molecule has 0 spiro atoms. The van der Waals surface area contributed by atoms with Crippen molar-refractivity contribution >= 4 is 38.9 Å². The third-order valence-corrected chi connectivity index (χ3v) is 6.53. The summed E-state index contributed by atoms with van der Waals surface area (Å²) < 4.78 is 32.0. The quantitative estimate of drug-likeness (QED) is 0.494. The third kappa shape index (κ3) is 4.84. The Morgan fingerprint density at radius 3 is 2.41 bits per heavy atom. The fraction of sp³-hybridized carbons (Fsp3) is 0.278. The number of methoxy groups -OCH3 is 1. The Morgan fingerprint density at radius 2 is 1.86 bits per heavy atom. The maximum Gasteiger partial charge on any atom is 0.288 e. The number of hydrogen-bond donors (Lipinski definition) is 1. The number of hydrogen-bond acceptors (Lipinski definition) is 6. The highest BCUT2D eigenvalue weighted by atomic mass is 35.5. The molecule has 0 aromatic heterocycles. The van der Waals surface area contributed by atoms with Gasteiger partial charge < -0.3 is 10.1 Å². The number of nitro groups is 1. The lowest BCUT2D eigenvalue weighted by molar-refractivity contribution is -0.384. The van der Waals surface area contributed by atoms with Gasteiger partial charge in [-0.1, -0.05) is 25.4 Å². The molecule has 0 unspecified atom stereocenters. The number of sulfonamides is 1. The summed E-state index contributed by atoms with van der Waals surface area (Å²) in [4.78, 5) is 22.9. The number of nitro benzene ring substituents is 1. The van der Waals surface area contributed by atoms with Crippen LogP contribution < -0.4 is 10.1 Å². The van der Waals surface area contributed by atoms with Crippen molar-refractivity contribution in [1.29, 1.82) is 0 Å². The molecule has 0 aliphatic rings. The zero-order chi connectivity index (χ0) is 21.8. The van der Waals surface area contributed by atoms with Crippen molar-refractivity contribution in [2.45, 2.75) is 18.7 Å². The average Bonchev–Trinajstić information content (AvgIpc) is 2.68. The second-order valence-corrected chi connectivity index (χ2v) is 8.17. The van der Waals surface area contributed by atoms with Crippen molar-refractivity contribution in [2.75, 3.05) is 25.5 Å². The summed E-state index contributed by atoms with van der Waals surface area (Å²) in [6, 6.07) is 7.71. The summed E-state index contributed by atoms with van der Waals surface area (Å²) in [5, 5.41) is 13.5. The lowest BCUT2D eigenvalue weighted by Gasteiger charge is -2.19. The molecule has 9 nitrogen and oxygen atoms in total. The first-order valence-electron chi connectivity index (χ1n) is 8.59. The molecular formula is C18H20ClN3O6S. The SMILES string of the molecule is CCN(CC)S(=O)(=O)c1ccc(OC)c(NC(=O)c2ccc(Cl)c([N+](=O)[O-])c2)c1. The monoisotopic (exact) mass is 441 g/mol. The third-order valence-electron chi connectivity index (χ3n) is 4.17. The van der Waals surface area contributed by atoms with E-state index in [0.29, 0.717) is 13.1 Å². The van der Waals surface area contributed by atoms with Crippen LogP contribution in [0, 0.1) is 10.1 Å². The van der Waals surface area contributed by atoms with E-state index in [1.807, 2.05) is 0 Å². The molecule has 1 amide bonds. The van der Waals surface area contributed by atoms with Gasteiger partial charge in [0.25, 0.3) is 11.6 Å². The molecule has 0 radical (unpaired) electrons. The van der Waals surface area contributed by atoms with E-state index in [-0.39, 0.29) is 26.9 Å². The fourth-order valence-electron chi connectivity index (χ4n) is 2.65. The van der Waals surface area contributed by atoms with Gasteiger partial charge in [-0.2, -0.15) is 4.31 Å². The molecule has 0 heterocycles. The Hall–Kier alpha value is -2.69. The highest BCUT2D eigenvalue weighted by Gasteiger charge is 2.24. The van der Waals surface area contributed by atoms with Gasteiger partial charge in [0.15, 0.2) is 0 Å². The van der Waals surface area contributed by atoms with Gasteiger partial charge >= 0.3 is 0 Å². The lowest BCUT2D eigenvalue weighted by Crippen LogP contribution is -2.30. The molecule has 0 aliphatic heterocycles. The smallest absolute Gasteiger partial charge is 0.288 e. The molecule has 0 atom stereocenters. The van der Waals surface area contributed by atoms with Gasteiger partial charge in [-0.3, -0.25) is 14.9 Å². The summed E-state index contributed by atoms with van der Waals surface area (Å²) in [5.74, 6) is -0.444. The Morgan fingerprint density at radius 1 is 1.21 bits per heavy atom. The minimum atomic E-state index is -3.75. The van der Waals surface area contributed by atoms with E-state index in [0.717, 1.165) is 6.07 Å².